The van der Waals surface area contributed by atoms with Crippen LogP contribution < -0.4 is 16.8 Å². The van der Waals surface area contributed by atoms with Crippen LogP contribution in [0.1, 0.15) is 17.3 Å². The van der Waals surface area contributed by atoms with Gasteiger partial charge in [-0.2, -0.15) is 0 Å². The summed E-state index contributed by atoms with van der Waals surface area (Å²) < 4.78 is 9.97. The van der Waals surface area contributed by atoms with Crippen molar-refractivity contribution < 1.29 is 13.9 Å². The summed E-state index contributed by atoms with van der Waals surface area (Å²) in [5, 5.41) is 0.422. The van der Waals surface area contributed by atoms with Crippen LogP contribution in [0.5, 0.6) is 0 Å². The number of aromatic amines is 1. The molecule has 0 saturated carbocycles. The van der Waals surface area contributed by atoms with Crippen molar-refractivity contribution in [3.63, 3.8) is 0 Å². The number of carbonyl (C=O) groups excluding carboxylic acids is 1. The summed E-state index contributed by atoms with van der Waals surface area (Å²) >= 11 is 0. The Kier molecular flexibility index (Phi) is 3.17. The molecule has 7 heteroatoms. The second-order valence-electron chi connectivity index (χ2n) is 4.65. The van der Waals surface area contributed by atoms with Crippen LogP contribution >= 0.6 is 0 Å². The molecule has 112 valence electrons. The number of benzene rings is 1. The molecule has 0 fully saturated rings. The van der Waals surface area contributed by atoms with Crippen molar-refractivity contribution in [1.29, 1.82) is 0 Å². The predicted molar refractivity (Wildman–Crippen MR) is 81.0 cm³/mol. The molecule has 0 unspecified atom stereocenters. The summed E-state index contributed by atoms with van der Waals surface area (Å²) in [6, 6.07) is 4.58. The summed E-state index contributed by atoms with van der Waals surface area (Å²) in [6.45, 7) is 1.78. The van der Waals surface area contributed by atoms with E-state index in [2.05, 4.69) is 4.98 Å². The number of rotatable bonds is 2. The zero-order valence-electron chi connectivity index (χ0n) is 11.6. The van der Waals surface area contributed by atoms with E-state index in [4.69, 9.17) is 14.9 Å². The number of nitrogens with one attached hydrogen (secondary N) is 1. The van der Waals surface area contributed by atoms with Crippen LogP contribution in [0.2, 0.25) is 0 Å². The minimum Gasteiger partial charge on any atom is -0.462 e. The Morgan fingerprint density at radius 3 is 2.86 bits per heavy atom. The van der Waals surface area contributed by atoms with Crippen molar-refractivity contribution in [1.82, 2.24) is 4.98 Å². The molecule has 3 aromatic rings. The molecular weight excluding hydrogens is 288 g/mol. The minimum absolute atomic E-state index is 0.0175. The first-order chi connectivity index (χ1) is 10.5. The van der Waals surface area contributed by atoms with Gasteiger partial charge in [-0.1, -0.05) is 0 Å². The van der Waals surface area contributed by atoms with Gasteiger partial charge in [0.05, 0.1) is 12.0 Å². The molecule has 2 aromatic heterocycles. The number of nitrogen functional groups attached to an aromatic ring is 1. The smallest absolute Gasteiger partial charge is 0.360 e. The van der Waals surface area contributed by atoms with E-state index in [1.807, 2.05) is 0 Å². The fourth-order valence-corrected chi connectivity index (χ4v) is 2.29. The third-order valence-electron chi connectivity index (χ3n) is 3.26. The van der Waals surface area contributed by atoms with Crippen molar-refractivity contribution in [2.24, 2.45) is 0 Å². The average Bonchev–Trinajstić information content (AvgIpc) is 2.48. The molecule has 7 nitrogen and oxygen atoms in total. The monoisotopic (exact) mass is 300 g/mol. The summed E-state index contributed by atoms with van der Waals surface area (Å²) in [6.07, 6.45) is 1.15. The second kappa shape index (κ2) is 5.03. The van der Waals surface area contributed by atoms with E-state index >= 15 is 0 Å². The summed E-state index contributed by atoms with van der Waals surface area (Å²) in [5.41, 5.74) is 4.86. The average molecular weight is 300 g/mol. The standard InChI is InChI=1S/C15H12N2O5/c1-2-21-14(19)9-6-17-12-11(13(9)18)8-5-7(16)3-4-10(8)22-15(12)20/h3-6H,2,16H2,1H3,(H,17,18). The van der Waals surface area contributed by atoms with Gasteiger partial charge in [0.1, 0.15) is 16.7 Å². The summed E-state index contributed by atoms with van der Waals surface area (Å²) in [5.74, 6) is -0.754. The zero-order valence-corrected chi connectivity index (χ0v) is 11.6. The molecule has 0 amide bonds. The van der Waals surface area contributed by atoms with Crippen LogP contribution in [0.15, 0.2) is 38.4 Å². The van der Waals surface area contributed by atoms with Crippen molar-refractivity contribution in [2.45, 2.75) is 6.92 Å². The molecule has 22 heavy (non-hydrogen) atoms. The topological polar surface area (TPSA) is 115 Å². The number of pyridine rings is 1. The third kappa shape index (κ3) is 2.03. The van der Waals surface area contributed by atoms with Crippen LogP contribution in [-0.2, 0) is 4.74 Å². The van der Waals surface area contributed by atoms with Gasteiger partial charge in [0, 0.05) is 17.3 Å². The van der Waals surface area contributed by atoms with Gasteiger partial charge in [0.25, 0.3) is 0 Å². The zero-order chi connectivity index (χ0) is 15.9. The molecule has 0 bridgehead atoms. The lowest BCUT2D eigenvalue weighted by molar-refractivity contribution is 0.0524. The van der Waals surface area contributed by atoms with E-state index in [1.54, 1.807) is 13.0 Å². The second-order valence-corrected chi connectivity index (χ2v) is 4.65. The molecule has 0 saturated heterocycles. The number of nitrogens with two attached hydrogens (primary N) is 1. The van der Waals surface area contributed by atoms with E-state index in [0.29, 0.717) is 11.1 Å². The molecular formula is C15H12N2O5. The Morgan fingerprint density at radius 2 is 2.14 bits per heavy atom. The maximum Gasteiger partial charge on any atom is 0.360 e. The highest BCUT2D eigenvalue weighted by Crippen LogP contribution is 2.22. The molecule has 0 radical (unpaired) electrons. The van der Waals surface area contributed by atoms with Gasteiger partial charge in [0.15, 0.2) is 0 Å². The van der Waals surface area contributed by atoms with Crippen molar-refractivity contribution >= 4 is 33.5 Å². The quantitative estimate of drug-likeness (QED) is 0.320. The number of carbonyl (C=O) groups is 1. The molecule has 2 heterocycles. The minimum atomic E-state index is -0.754. The lowest BCUT2D eigenvalue weighted by atomic mass is 10.1. The highest BCUT2D eigenvalue weighted by atomic mass is 16.5. The Morgan fingerprint density at radius 1 is 1.36 bits per heavy atom. The summed E-state index contributed by atoms with van der Waals surface area (Å²) in [4.78, 5) is 39.0. The van der Waals surface area contributed by atoms with Gasteiger partial charge in [-0.05, 0) is 25.1 Å². The van der Waals surface area contributed by atoms with E-state index in [1.165, 1.54) is 12.1 Å². The molecule has 1 aromatic carbocycles. The summed E-state index contributed by atoms with van der Waals surface area (Å²) in [7, 11) is 0. The van der Waals surface area contributed by atoms with E-state index < -0.39 is 17.0 Å². The normalized spacial score (nSPS) is 11.0. The Balaban J connectivity index is 2.49. The maximum absolute atomic E-state index is 12.6. The molecule has 3 N–H and O–H groups in total. The number of esters is 1. The largest absolute Gasteiger partial charge is 0.462 e. The van der Waals surface area contributed by atoms with E-state index in [-0.39, 0.29) is 28.7 Å². The van der Waals surface area contributed by atoms with Crippen LogP contribution in [0.3, 0.4) is 0 Å². The molecule has 0 aliphatic rings. The van der Waals surface area contributed by atoms with Crippen LogP contribution in [0.4, 0.5) is 5.69 Å². The van der Waals surface area contributed by atoms with E-state index in [9.17, 15) is 14.4 Å². The number of aromatic nitrogens is 1. The van der Waals surface area contributed by atoms with Crippen LogP contribution in [0.25, 0.3) is 21.9 Å². The molecule has 0 spiro atoms. The molecule has 0 aliphatic heterocycles. The number of hydrogen-bond donors (Lipinski definition) is 2. The van der Waals surface area contributed by atoms with Gasteiger partial charge in [-0.25, -0.2) is 9.59 Å². The molecule has 0 atom stereocenters. The highest BCUT2D eigenvalue weighted by molar-refractivity contribution is 6.06. The number of fused-ring (bicyclic) bond motifs is 3. The highest BCUT2D eigenvalue weighted by Gasteiger charge is 2.18. The third-order valence-corrected chi connectivity index (χ3v) is 3.26. The van der Waals surface area contributed by atoms with Gasteiger partial charge >= 0.3 is 11.6 Å². The predicted octanol–water partition coefficient (Wildman–Crippen LogP) is 1.39. The Bertz CT molecular complexity index is 1020. The fourth-order valence-electron chi connectivity index (χ4n) is 2.29. The first kappa shape index (κ1) is 13.9. The molecule has 3 rings (SSSR count). The Labute approximate surface area is 123 Å². The number of ether oxygens (including phenoxy) is 1. The first-order valence-corrected chi connectivity index (χ1v) is 6.57. The number of hydrogen-bond acceptors (Lipinski definition) is 6. The van der Waals surface area contributed by atoms with Gasteiger partial charge in [-0.15, -0.1) is 0 Å². The van der Waals surface area contributed by atoms with Crippen molar-refractivity contribution in [3.8, 4) is 0 Å². The maximum atomic E-state index is 12.6. The van der Waals surface area contributed by atoms with Crippen molar-refractivity contribution in [3.05, 3.63) is 50.6 Å². The lowest BCUT2D eigenvalue weighted by Gasteiger charge is -2.05. The van der Waals surface area contributed by atoms with Crippen LogP contribution in [-0.4, -0.2) is 17.6 Å². The fraction of sp³-hybridized carbons (Fsp3) is 0.133. The Hall–Kier alpha value is -3.09. The van der Waals surface area contributed by atoms with Gasteiger partial charge < -0.3 is 19.9 Å². The SMILES string of the molecule is CCOC(=O)c1c[nH]c2c(=O)oc3ccc(N)cc3c2c1=O. The number of anilines is 1. The lowest BCUT2D eigenvalue weighted by Crippen LogP contribution is -2.20. The molecule has 0 aliphatic carbocycles. The number of H-pyrrole nitrogens is 1. The van der Waals surface area contributed by atoms with E-state index in [0.717, 1.165) is 6.20 Å². The van der Waals surface area contributed by atoms with Crippen molar-refractivity contribution in [2.75, 3.05) is 12.3 Å². The first-order valence-electron chi connectivity index (χ1n) is 6.57. The van der Waals surface area contributed by atoms with Gasteiger partial charge in [-0.3, -0.25) is 4.79 Å². The van der Waals surface area contributed by atoms with Crippen LogP contribution in [0, 0.1) is 0 Å². The van der Waals surface area contributed by atoms with Gasteiger partial charge in [0.2, 0.25) is 5.43 Å².